The zero-order valence-electron chi connectivity index (χ0n) is 10.2. The second-order valence-corrected chi connectivity index (χ2v) is 5.74. The van der Waals surface area contributed by atoms with Gasteiger partial charge in [0, 0.05) is 4.90 Å². The molecule has 2 nitrogen and oxygen atoms in total. The van der Waals surface area contributed by atoms with Crippen molar-refractivity contribution in [3.05, 3.63) is 29.8 Å². The first kappa shape index (κ1) is 14.2. The van der Waals surface area contributed by atoms with E-state index in [1.807, 2.05) is 0 Å². The molecule has 0 aliphatic heterocycles. The molecular weight excluding hydrogens is 275 g/mol. The van der Waals surface area contributed by atoms with Crippen molar-refractivity contribution in [3.63, 3.8) is 0 Å². The molecule has 0 heterocycles. The number of oxime groups is 1. The van der Waals surface area contributed by atoms with Gasteiger partial charge in [-0.1, -0.05) is 11.6 Å². The Morgan fingerprint density at radius 1 is 1.16 bits per heavy atom. The maximum atomic E-state index is 12.4. The molecule has 0 unspecified atom stereocenters. The normalized spacial score (nSPS) is 22.7. The van der Waals surface area contributed by atoms with E-state index < -0.39 is 11.7 Å². The second kappa shape index (κ2) is 5.86. The van der Waals surface area contributed by atoms with E-state index >= 15 is 0 Å². The summed E-state index contributed by atoms with van der Waals surface area (Å²) in [6, 6.07) is 5.11. The summed E-state index contributed by atoms with van der Waals surface area (Å²) in [6.07, 6.45) is -0.591. The standard InChI is InChI=1S/C13H14F3NOS/c14-13(15,16)9-5-7-10(8-6-9)19-12-4-2-1-3-11(12)17-18/h5-8,12,18H,1-4H2/b17-11+/t12-/m1/s1. The van der Waals surface area contributed by atoms with Gasteiger partial charge < -0.3 is 5.21 Å². The van der Waals surface area contributed by atoms with E-state index in [0.29, 0.717) is 0 Å². The smallest absolute Gasteiger partial charge is 0.411 e. The molecule has 0 radical (unpaired) electrons. The molecule has 1 N–H and O–H groups in total. The molecule has 0 spiro atoms. The van der Waals surface area contributed by atoms with Crippen LogP contribution in [0.4, 0.5) is 13.2 Å². The number of halogens is 3. The fourth-order valence-corrected chi connectivity index (χ4v) is 3.30. The van der Waals surface area contributed by atoms with Crippen LogP contribution in [-0.2, 0) is 6.18 Å². The summed E-state index contributed by atoms with van der Waals surface area (Å²) in [6.45, 7) is 0. The topological polar surface area (TPSA) is 32.6 Å². The number of benzene rings is 1. The molecule has 104 valence electrons. The van der Waals surface area contributed by atoms with Gasteiger partial charge in [-0.3, -0.25) is 0 Å². The van der Waals surface area contributed by atoms with E-state index in [4.69, 9.17) is 5.21 Å². The highest BCUT2D eigenvalue weighted by Gasteiger charge is 2.30. The lowest BCUT2D eigenvalue weighted by Crippen LogP contribution is -2.21. The summed E-state index contributed by atoms with van der Waals surface area (Å²) in [4.78, 5) is 0.765. The van der Waals surface area contributed by atoms with Crippen LogP contribution in [0.3, 0.4) is 0 Å². The average molecular weight is 289 g/mol. The molecule has 2 rings (SSSR count). The van der Waals surface area contributed by atoms with Crippen molar-refractivity contribution in [2.24, 2.45) is 5.16 Å². The molecule has 1 saturated carbocycles. The molecular formula is C13H14F3NOS. The lowest BCUT2D eigenvalue weighted by molar-refractivity contribution is -0.137. The van der Waals surface area contributed by atoms with Gasteiger partial charge in [0.1, 0.15) is 0 Å². The second-order valence-electron chi connectivity index (χ2n) is 4.47. The van der Waals surface area contributed by atoms with Crippen LogP contribution in [0, 0.1) is 0 Å². The fourth-order valence-electron chi connectivity index (χ4n) is 2.09. The molecule has 1 fully saturated rings. The molecule has 0 saturated heterocycles. The summed E-state index contributed by atoms with van der Waals surface area (Å²) in [5, 5.41) is 12.3. The van der Waals surface area contributed by atoms with Crippen molar-refractivity contribution < 1.29 is 18.4 Å². The number of nitrogens with zero attached hydrogens (tertiary/aromatic N) is 1. The fraction of sp³-hybridized carbons (Fsp3) is 0.462. The lowest BCUT2D eigenvalue weighted by Gasteiger charge is -2.22. The van der Waals surface area contributed by atoms with Crippen LogP contribution in [0.1, 0.15) is 31.2 Å². The van der Waals surface area contributed by atoms with Crippen LogP contribution < -0.4 is 0 Å². The highest BCUT2D eigenvalue weighted by atomic mass is 32.2. The number of hydrogen-bond donors (Lipinski definition) is 1. The van der Waals surface area contributed by atoms with E-state index in [9.17, 15) is 13.2 Å². The van der Waals surface area contributed by atoms with Crippen LogP contribution in [0.2, 0.25) is 0 Å². The number of hydrogen-bond acceptors (Lipinski definition) is 3. The Balaban J connectivity index is 2.07. The highest BCUT2D eigenvalue weighted by molar-refractivity contribution is 8.00. The Morgan fingerprint density at radius 2 is 1.84 bits per heavy atom. The molecule has 1 aromatic rings. The van der Waals surface area contributed by atoms with Gasteiger partial charge in [0.25, 0.3) is 0 Å². The zero-order valence-corrected chi connectivity index (χ0v) is 11.0. The van der Waals surface area contributed by atoms with Crippen molar-refractivity contribution in [2.75, 3.05) is 0 Å². The Morgan fingerprint density at radius 3 is 2.42 bits per heavy atom. The van der Waals surface area contributed by atoms with Crippen LogP contribution in [0.15, 0.2) is 34.3 Å². The minimum atomic E-state index is -4.30. The Hall–Kier alpha value is -1.17. The van der Waals surface area contributed by atoms with E-state index in [1.54, 1.807) is 0 Å². The molecule has 0 aromatic heterocycles. The molecule has 1 aromatic carbocycles. The molecule has 1 atom stereocenters. The van der Waals surface area contributed by atoms with E-state index in [1.165, 1.54) is 23.9 Å². The van der Waals surface area contributed by atoms with Gasteiger partial charge in [0.05, 0.1) is 16.5 Å². The van der Waals surface area contributed by atoms with E-state index in [0.717, 1.165) is 48.4 Å². The first-order valence-corrected chi connectivity index (χ1v) is 6.93. The molecule has 1 aliphatic rings. The van der Waals surface area contributed by atoms with Gasteiger partial charge in [-0.15, -0.1) is 11.8 Å². The van der Waals surface area contributed by atoms with Crippen molar-refractivity contribution in [1.82, 2.24) is 0 Å². The van der Waals surface area contributed by atoms with Crippen LogP contribution in [0.25, 0.3) is 0 Å². The van der Waals surface area contributed by atoms with Crippen molar-refractivity contribution in [1.29, 1.82) is 0 Å². The summed E-state index contributed by atoms with van der Waals surface area (Å²) >= 11 is 1.46. The van der Waals surface area contributed by atoms with Crippen molar-refractivity contribution >= 4 is 17.5 Å². The maximum absolute atomic E-state index is 12.4. The minimum Gasteiger partial charge on any atom is -0.411 e. The monoisotopic (exact) mass is 289 g/mol. The number of thioether (sulfide) groups is 1. The van der Waals surface area contributed by atoms with Gasteiger partial charge >= 0.3 is 6.18 Å². The third kappa shape index (κ3) is 3.65. The van der Waals surface area contributed by atoms with Gasteiger partial charge in [-0.05, 0) is 43.5 Å². The van der Waals surface area contributed by atoms with Gasteiger partial charge in [0.2, 0.25) is 0 Å². The van der Waals surface area contributed by atoms with Crippen molar-refractivity contribution in [2.45, 2.75) is 42.0 Å². The predicted octanol–water partition coefficient (Wildman–Crippen LogP) is 4.57. The minimum absolute atomic E-state index is 0.0653. The van der Waals surface area contributed by atoms with Crippen LogP contribution in [0.5, 0.6) is 0 Å². The Kier molecular flexibility index (Phi) is 4.39. The van der Waals surface area contributed by atoms with Crippen LogP contribution >= 0.6 is 11.8 Å². The quantitative estimate of drug-likeness (QED) is 0.639. The third-order valence-corrected chi connectivity index (χ3v) is 4.45. The number of alkyl halides is 3. The third-order valence-electron chi connectivity index (χ3n) is 3.11. The SMILES string of the molecule is O/N=C1\CCCC[C@H]1Sc1ccc(C(F)(F)F)cc1. The zero-order chi connectivity index (χ0) is 13.9. The largest absolute Gasteiger partial charge is 0.416 e. The highest BCUT2D eigenvalue weighted by Crippen LogP contribution is 2.34. The first-order valence-electron chi connectivity index (χ1n) is 6.05. The average Bonchev–Trinajstić information content (AvgIpc) is 2.39. The first-order chi connectivity index (χ1) is 9.00. The van der Waals surface area contributed by atoms with Crippen LogP contribution in [-0.4, -0.2) is 16.2 Å². The maximum Gasteiger partial charge on any atom is 0.416 e. The predicted molar refractivity (Wildman–Crippen MR) is 68.8 cm³/mol. The van der Waals surface area contributed by atoms with Gasteiger partial charge in [-0.2, -0.15) is 13.2 Å². The van der Waals surface area contributed by atoms with Gasteiger partial charge in [-0.25, -0.2) is 0 Å². The van der Waals surface area contributed by atoms with E-state index in [-0.39, 0.29) is 5.25 Å². The Bertz CT molecular complexity index is 456. The molecule has 0 amide bonds. The van der Waals surface area contributed by atoms with Crippen molar-refractivity contribution in [3.8, 4) is 0 Å². The number of rotatable bonds is 2. The summed E-state index contributed by atoms with van der Waals surface area (Å²) < 4.78 is 37.3. The Labute approximate surface area is 113 Å². The molecule has 6 heteroatoms. The molecule has 19 heavy (non-hydrogen) atoms. The van der Waals surface area contributed by atoms with E-state index in [2.05, 4.69) is 5.16 Å². The molecule has 1 aliphatic carbocycles. The summed E-state index contributed by atoms with van der Waals surface area (Å²) in [5.41, 5.74) is 0.0905. The lowest BCUT2D eigenvalue weighted by atomic mass is 9.98. The molecule has 0 bridgehead atoms. The van der Waals surface area contributed by atoms with Gasteiger partial charge in [0.15, 0.2) is 0 Å². The summed E-state index contributed by atoms with van der Waals surface area (Å²) in [5.74, 6) is 0. The summed E-state index contributed by atoms with van der Waals surface area (Å²) in [7, 11) is 0.